The molecule has 0 aliphatic carbocycles. The van der Waals surface area contributed by atoms with Gasteiger partial charge in [-0.1, -0.05) is 30.3 Å². The van der Waals surface area contributed by atoms with Gasteiger partial charge in [-0.15, -0.1) is 11.3 Å². The van der Waals surface area contributed by atoms with E-state index in [-0.39, 0.29) is 6.04 Å². The third kappa shape index (κ3) is 4.80. The Hall–Kier alpha value is -2.78. The van der Waals surface area contributed by atoms with E-state index in [1.807, 2.05) is 22.9 Å². The highest BCUT2D eigenvalue weighted by atomic mass is 32.1. The zero-order valence-electron chi connectivity index (χ0n) is 16.6. The minimum absolute atomic E-state index is 0.251. The van der Waals surface area contributed by atoms with E-state index in [1.54, 1.807) is 25.5 Å². The zero-order valence-corrected chi connectivity index (χ0v) is 17.4. The maximum Gasteiger partial charge on any atom is 0.191 e. The number of aromatic nitrogens is 4. The lowest BCUT2D eigenvalue weighted by atomic mass is 10.1. The van der Waals surface area contributed by atoms with Gasteiger partial charge in [0.1, 0.15) is 17.4 Å². The van der Waals surface area contributed by atoms with Gasteiger partial charge in [0.25, 0.3) is 0 Å². The van der Waals surface area contributed by atoms with Gasteiger partial charge in [-0.05, 0) is 6.42 Å². The molecule has 8 nitrogen and oxygen atoms in total. The molecule has 0 amide bonds. The third-order valence-electron chi connectivity index (χ3n) is 4.75. The molecule has 2 N–H and O–H groups in total. The van der Waals surface area contributed by atoms with Crippen LogP contribution in [0.25, 0.3) is 10.6 Å². The van der Waals surface area contributed by atoms with E-state index in [4.69, 9.17) is 9.72 Å². The van der Waals surface area contributed by atoms with Crippen molar-refractivity contribution in [1.29, 1.82) is 0 Å². The second kappa shape index (κ2) is 9.15. The van der Waals surface area contributed by atoms with Crippen molar-refractivity contribution in [3.8, 4) is 10.6 Å². The molecule has 0 radical (unpaired) electrons. The van der Waals surface area contributed by atoms with Crippen molar-refractivity contribution in [1.82, 2.24) is 30.4 Å². The van der Waals surface area contributed by atoms with Crippen LogP contribution in [-0.4, -0.2) is 45.9 Å². The Morgan fingerprint density at radius 3 is 2.97 bits per heavy atom. The molecule has 0 saturated heterocycles. The van der Waals surface area contributed by atoms with Crippen LogP contribution in [0.15, 0.2) is 40.7 Å². The van der Waals surface area contributed by atoms with Gasteiger partial charge in [-0.25, -0.2) is 14.6 Å². The Labute approximate surface area is 174 Å². The smallest absolute Gasteiger partial charge is 0.191 e. The summed E-state index contributed by atoms with van der Waals surface area (Å²) in [6.07, 6.45) is 1.87. The number of benzene rings is 1. The lowest BCUT2D eigenvalue weighted by Crippen LogP contribution is -2.46. The SMILES string of the molecule is CN=C(NCc1csc(-c2ccccc2)n1)NC1CCc2nc(COC)nn2C1. The van der Waals surface area contributed by atoms with Crippen LogP contribution in [0.1, 0.15) is 23.8 Å². The number of nitrogens with one attached hydrogen (secondary N) is 2. The zero-order chi connectivity index (χ0) is 20.1. The highest BCUT2D eigenvalue weighted by Crippen LogP contribution is 2.23. The van der Waals surface area contributed by atoms with Crippen molar-refractivity contribution in [2.45, 2.75) is 38.6 Å². The average Bonchev–Trinajstić information content (AvgIpc) is 3.38. The molecule has 2 aromatic heterocycles. The minimum atomic E-state index is 0.251. The monoisotopic (exact) mass is 411 g/mol. The van der Waals surface area contributed by atoms with Crippen LogP contribution in [0.5, 0.6) is 0 Å². The fourth-order valence-electron chi connectivity index (χ4n) is 3.33. The molecule has 0 fully saturated rings. The van der Waals surface area contributed by atoms with Gasteiger partial charge in [0.05, 0.1) is 18.8 Å². The van der Waals surface area contributed by atoms with Gasteiger partial charge in [0.15, 0.2) is 11.8 Å². The molecule has 0 saturated carbocycles. The Morgan fingerprint density at radius 1 is 1.31 bits per heavy atom. The van der Waals surface area contributed by atoms with Gasteiger partial charge < -0.3 is 15.4 Å². The number of hydrogen-bond acceptors (Lipinski definition) is 6. The van der Waals surface area contributed by atoms with Crippen LogP contribution in [0.3, 0.4) is 0 Å². The summed E-state index contributed by atoms with van der Waals surface area (Å²) < 4.78 is 7.10. The highest BCUT2D eigenvalue weighted by molar-refractivity contribution is 7.13. The second-order valence-electron chi connectivity index (χ2n) is 6.88. The normalized spacial score (nSPS) is 16.5. The van der Waals surface area contributed by atoms with Crippen molar-refractivity contribution >= 4 is 17.3 Å². The number of guanidine groups is 1. The molecular formula is C20H25N7OS. The van der Waals surface area contributed by atoms with E-state index in [0.717, 1.165) is 53.3 Å². The first-order valence-electron chi connectivity index (χ1n) is 9.63. The molecule has 152 valence electrons. The number of hydrogen-bond donors (Lipinski definition) is 2. The Bertz CT molecular complexity index is 966. The van der Waals surface area contributed by atoms with E-state index in [0.29, 0.717) is 13.2 Å². The molecule has 1 atom stereocenters. The predicted octanol–water partition coefficient (Wildman–Crippen LogP) is 2.23. The number of nitrogens with zero attached hydrogens (tertiary/aromatic N) is 5. The summed E-state index contributed by atoms with van der Waals surface area (Å²) >= 11 is 1.66. The van der Waals surface area contributed by atoms with Gasteiger partial charge in [0.2, 0.25) is 0 Å². The van der Waals surface area contributed by atoms with Crippen molar-refractivity contribution in [2.75, 3.05) is 14.2 Å². The second-order valence-corrected chi connectivity index (χ2v) is 7.73. The Kier molecular flexibility index (Phi) is 6.16. The molecular weight excluding hydrogens is 386 g/mol. The molecule has 4 rings (SSSR count). The maximum atomic E-state index is 5.13. The molecule has 0 bridgehead atoms. The molecule has 3 aromatic rings. The van der Waals surface area contributed by atoms with Crippen LogP contribution in [0.4, 0.5) is 0 Å². The van der Waals surface area contributed by atoms with Crippen LogP contribution in [0.2, 0.25) is 0 Å². The summed E-state index contributed by atoms with van der Waals surface area (Å²) in [7, 11) is 3.44. The lowest BCUT2D eigenvalue weighted by Gasteiger charge is -2.25. The Morgan fingerprint density at radius 2 is 2.17 bits per heavy atom. The fourth-order valence-corrected chi connectivity index (χ4v) is 4.16. The summed E-state index contributed by atoms with van der Waals surface area (Å²) in [4.78, 5) is 13.6. The van der Waals surface area contributed by atoms with Crippen LogP contribution in [0, 0.1) is 0 Å². The summed E-state index contributed by atoms with van der Waals surface area (Å²) in [6, 6.07) is 10.5. The van der Waals surface area contributed by atoms with Gasteiger partial charge in [-0.2, -0.15) is 5.10 Å². The lowest BCUT2D eigenvalue weighted by molar-refractivity contribution is 0.177. The summed E-state index contributed by atoms with van der Waals surface area (Å²) in [5.74, 6) is 2.53. The summed E-state index contributed by atoms with van der Waals surface area (Å²) in [5.41, 5.74) is 2.15. The third-order valence-corrected chi connectivity index (χ3v) is 5.69. The molecule has 9 heteroatoms. The number of thiazole rings is 1. The molecule has 0 spiro atoms. The molecule has 29 heavy (non-hydrogen) atoms. The quantitative estimate of drug-likeness (QED) is 0.478. The van der Waals surface area contributed by atoms with Crippen LogP contribution >= 0.6 is 11.3 Å². The summed E-state index contributed by atoms with van der Waals surface area (Å²) in [6.45, 7) is 1.84. The van der Waals surface area contributed by atoms with Gasteiger partial charge in [0, 0.05) is 37.6 Å². The number of ether oxygens (including phenoxy) is 1. The number of rotatable bonds is 6. The van der Waals surface area contributed by atoms with E-state index < -0.39 is 0 Å². The molecule has 1 unspecified atom stereocenters. The van der Waals surface area contributed by atoms with Crippen molar-refractivity contribution in [3.63, 3.8) is 0 Å². The highest BCUT2D eigenvalue weighted by Gasteiger charge is 2.22. The molecule has 1 aliphatic heterocycles. The van der Waals surface area contributed by atoms with E-state index >= 15 is 0 Å². The van der Waals surface area contributed by atoms with E-state index in [9.17, 15) is 0 Å². The average molecular weight is 412 g/mol. The topological polar surface area (TPSA) is 89.2 Å². The summed E-state index contributed by atoms with van der Waals surface area (Å²) in [5, 5.41) is 14.5. The first-order chi connectivity index (χ1) is 14.2. The molecule has 1 aromatic carbocycles. The standard InChI is InChI=1S/C20H25N7OS/c1-21-20(22-10-16-13-29-19(23-16)14-6-4-3-5-7-14)24-15-8-9-18-25-17(12-28-2)26-27(18)11-15/h3-7,13,15H,8-12H2,1-2H3,(H2,21,22,24). The molecule has 3 heterocycles. The minimum Gasteiger partial charge on any atom is -0.377 e. The maximum absolute atomic E-state index is 5.13. The molecule has 1 aliphatic rings. The number of aryl methyl sites for hydroxylation is 1. The van der Waals surface area contributed by atoms with E-state index in [1.165, 1.54) is 0 Å². The van der Waals surface area contributed by atoms with E-state index in [2.05, 4.69) is 43.2 Å². The number of methoxy groups -OCH3 is 1. The van der Waals surface area contributed by atoms with Gasteiger partial charge in [-0.3, -0.25) is 4.99 Å². The fraction of sp³-hybridized carbons (Fsp3) is 0.400. The van der Waals surface area contributed by atoms with Crippen LogP contribution < -0.4 is 10.6 Å². The van der Waals surface area contributed by atoms with Crippen molar-refractivity contribution < 1.29 is 4.74 Å². The first-order valence-corrected chi connectivity index (χ1v) is 10.5. The Balaban J connectivity index is 1.32. The number of aliphatic imine (C=N–C) groups is 1. The first kappa shape index (κ1) is 19.5. The van der Waals surface area contributed by atoms with Crippen LogP contribution in [-0.2, 0) is 30.9 Å². The van der Waals surface area contributed by atoms with Crippen molar-refractivity contribution in [3.05, 3.63) is 53.1 Å². The largest absolute Gasteiger partial charge is 0.377 e. The van der Waals surface area contributed by atoms with Crippen molar-refractivity contribution in [2.24, 2.45) is 4.99 Å². The van der Waals surface area contributed by atoms with Gasteiger partial charge >= 0.3 is 0 Å². The number of fused-ring (bicyclic) bond motifs is 1. The predicted molar refractivity (Wildman–Crippen MR) is 114 cm³/mol.